The standard InChI is InChI=1S/C17H34N2O2S2/c1-2-3-4-5-6-7-8-9-10-11-13-18-17(22)19-16-12-14-23(20,21)15-16/h16H,2-15H2,1H3,(H2,18,19,22). The number of hydrogen-bond donors (Lipinski definition) is 2. The zero-order valence-electron chi connectivity index (χ0n) is 14.6. The zero-order valence-corrected chi connectivity index (χ0v) is 16.2. The highest BCUT2D eigenvalue weighted by Gasteiger charge is 2.27. The number of sulfone groups is 1. The Bertz CT molecular complexity index is 424. The Morgan fingerprint density at radius 2 is 1.57 bits per heavy atom. The van der Waals surface area contributed by atoms with Crippen molar-refractivity contribution in [3.05, 3.63) is 0 Å². The molecule has 1 fully saturated rings. The molecule has 0 spiro atoms. The van der Waals surface area contributed by atoms with Crippen LogP contribution in [0.3, 0.4) is 0 Å². The maximum atomic E-state index is 11.4. The Labute approximate surface area is 148 Å². The van der Waals surface area contributed by atoms with Gasteiger partial charge >= 0.3 is 0 Å². The minimum absolute atomic E-state index is 0.00675. The van der Waals surface area contributed by atoms with Crippen molar-refractivity contribution in [3.63, 3.8) is 0 Å². The van der Waals surface area contributed by atoms with E-state index >= 15 is 0 Å². The van der Waals surface area contributed by atoms with Gasteiger partial charge in [0.15, 0.2) is 14.9 Å². The third kappa shape index (κ3) is 10.9. The first-order valence-corrected chi connectivity index (χ1v) is 11.5. The van der Waals surface area contributed by atoms with Crippen LogP contribution < -0.4 is 10.6 Å². The first-order valence-electron chi connectivity index (χ1n) is 9.28. The lowest BCUT2D eigenvalue weighted by atomic mass is 10.1. The van der Waals surface area contributed by atoms with Crippen molar-refractivity contribution in [1.82, 2.24) is 10.6 Å². The Morgan fingerprint density at radius 3 is 2.09 bits per heavy atom. The van der Waals surface area contributed by atoms with Crippen LogP contribution in [-0.2, 0) is 9.84 Å². The summed E-state index contributed by atoms with van der Waals surface area (Å²) in [6.07, 6.45) is 13.9. The Morgan fingerprint density at radius 1 is 1.00 bits per heavy atom. The molecule has 1 aliphatic heterocycles. The summed E-state index contributed by atoms with van der Waals surface area (Å²) in [6.45, 7) is 3.13. The van der Waals surface area contributed by atoms with Crippen LogP contribution in [0.25, 0.3) is 0 Å². The molecule has 0 aromatic rings. The minimum atomic E-state index is -2.84. The molecule has 1 rings (SSSR count). The maximum Gasteiger partial charge on any atom is 0.166 e. The number of nitrogens with one attached hydrogen (secondary N) is 2. The van der Waals surface area contributed by atoms with Gasteiger partial charge in [-0.05, 0) is 25.1 Å². The van der Waals surface area contributed by atoms with Crippen LogP contribution in [0, 0.1) is 0 Å². The van der Waals surface area contributed by atoms with E-state index in [-0.39, 0.29) is 17.5 Å². The van der Waals surface area contributed by atoms with Crippen molar-refractivity contribution < 1.29 is 8.42 Å². The summed E-state index contributed by atoms with van der Waals surface area (Å²) < 4.78 is 22.8. The van der Waals surface area contributed by atoms with Crippen LogP contribution in [0.15, 0.2) is 0 Å². The van der Waals surface area contributed by atoms with E-state index in [4.69, 9.17) is 12.2 Å². The molecule has 0 aliphatic carbocycles. The van der Waals surface area contributed by atoms with Gasteiger partial charge in [0.1, 0.15) is 0 Å². The molecule has 6 heteroatoms. The predicted octanol–water partition coefficient (Wildman–Crippen LogP) is 3.56. The Hall–Kier alpha value is -0.360. The van der Waals surface area contributed by atoms with Crippen molar-refractivity contribution in [3.8, 4) is 0 Å². The van der Waals surface area contributed by atoms with Crippen molar-refractivity contribution in [2.24, 2.45) is 0 Å². The van der Waals surface area contributed by atoms with Gasteiger partial charge in [-0.1, -0.05) is 64.7 Å². The number of unbranched alkanes of at least 4 members (excludes halogenated alkanes) is 9. The van der Waals surface area contributed by atoms with E-state index < -0.39 is 9.84 Å². The highest BCUT2D eigenvalue weighted by atomic mass is 32.2. The summed E-state index contributed by atoms with van der Waals surface area (Å²) in [7, 11) is -2.84. The van der Waals surface area contributed by atoms with Gasteiger partial charge in [-0.2, -0.15) is 0 Å². The van der Waals surface area contributed by atoms with Crippen LogP contribution in [0.1, 0.15) is 77.6 Å². The lowest BCUT2D eigenvalue weighted by Gasteiger charge is -2.14. The van der Waals surface area contributed by atoms with E-state index in [1.807, 2.05) is 0 Å². The second-order valence-corrected chi connectivity index (χ2v) is 9.32. The first kappa shape index (κ1) is 20.7. The van der Waals surface area contributed by atoms with Gasteiger partial charge in [0.05, 0.1) is 11.5 Å². The molecule has 1 saturated heterocycles. The molecule has 23 heavy (non-hydrogen) atoms. The summed E-state index contributed by atoms with van der Waals surface area (Å²) in [4.78, 5) is 0. The van der Waals surface area contributed by atoms with E-state index in [1.165, 1.54) is 57.8 Å². The van der Waals surface area contributed by atoms with Crippen LogP contribution >= 0.6 is 12.2 Å². The van der Waals surface area contributed by atoms with Crippen molar-refractivity contribution in [2.45, 2.75) is 83.6 Å². The van der Waals surface area contributed by atoms with Gasteiger partial charge < -0.3 is 10.6 Å². The minimum Gasteiger partial charge on any atom is -0.363 e. The lowest BCUT2D eigenvalue weighted by Crippen LogP contribution is -2.42. The van der Waals surface area contributed by atoms with Gasteiger partial charge in [-0.3, -0.25) is 0 Å². The van der Waals surface area contributed by atoms with Crippen LogP contribution in [0.5, 0.6) is 0 Å². The summed E-state index contributed by atoms with van der Waals surface area (Å²) >= 11 is 5.22. The monoisotopic (exact) mass is 362 g/mol. The normalized spacial score (nSPS) is 19.6. The highest BCUT2D eigenvalue weighted by Crippen LogP contribution is 2.11. The molecule has 1 aliphatic rings. The summed E-state index contributed by atoms with van der Waals surface area (Å²) in [5.74, 6) is 0.499. The Kier molecular flexibility index (Phi) is 10.9. The molecule has 136 valence electrons. The quantitative estimate of drug-likeness (QED) is 0.411. The topological polar surface area (TPSA) is 58.2 Å². The molecule has 0 amide bonds. The molecule has 0 aromatic heterocycles. The van der Waals surface area contributed by atoms with Gasteiger partial charge in [-0.25, -0.2) is 8.42 Å². The molecule has 0 saturated carbocycles. The third-order valence-corrected chi connectivity index (χ3v) is 6.41. The predicted molar refractivity (Wildman–Crippen MR) is 103 cm³/mol. The van der Waals surface area contributed by atoms with E-state index in [1.54, 1.807) is 0 Å². The van der Waals surface area contributed by atoms with Crippen LogP contribution in [-0.4, -0.2) is 37.6 Å². The molecule has 1 heterocycles. The molecule has 0 aromatic carbocycles. The molecular formula is C17H34N2O2S2. The zero-order chi connectivity index (χ0) is 17.0. The highest BCUT2D eigenvalue weighted by molar-refractivity contribution is 7.91. The summed E-state index contributed by atoms with van der Waals surface area (Å²) in [6, 6.07) is -0.00675. The first-order chi connectivity index (χ1) is 11.0. The van der Waals surface area contributed by atoms with Crippen LogP contribution in [0.4, 0.5) is 0 Å². The van der Waals surface area contributed by atoms with Crippen molar-refractivity contribution in [2.75, 3.05) is 18.1 Å². The summed E-state index contributed by atoms with van der Waals surface area (Å²) in [5.41, 5.74) is 0. The average molecular weight is 363 g/mol. The van der Waals surface area contributed by atoms with Gasteiger partial charge in [0.2, 0.25) is 0 Å². The fraction of sp³-hybridized carbons (Fsp3) is 0.941. The molecule has 1 atom stereocenters. The molecule has 2 N–H and O–H groups in total. The number of hydrogen-bond acceptors (Lipinski definition) is 3. The smallest absolute Gasteiger partial charge is 0.166 e. The van der Waals surface area contributed by atoms with E-state index in [0.717, 1.165) is 13.0 Å². The van der Waals surface area contributed by atoms with E-state index in [9.17, 15) is 8.42 Å². The van der Waals surface area contributed by atoms with Gasteiger partial charge in [-0.15, -0.1) is 0 Å². The fourth-order valence-electron chi connectivity index (χ4n) is 2.96. The van der Waals surface area contributed by atoms with E-state index in [0.29, 0.717) is 11.5 Å². The lowest BCUT2D eigenvalue weighted by molar-refractivity contribution is 0.553. The summed E-state index contributed by atoms with van der Waals surface area (Å²) in [5, 5.41) is 6.90. The number of rotatable bonds is 12. The molecule has 0 bridgehead atoms. The van der Waals surface area contributed by atoms with Gasteiger partial charge in [0, 0.05) is 12.6 Å². The second-order valence-electron chi connectivity index (χ2n) is 6.68. The fourth-order valence-corrected chi connectivity index (χ4v) is 4.90. The largest absolute Gasteiger partial charge is 0.363 e. The second kappa shape index (κ2) is 12.1. The maximum absolute atomic E-state index is 11.4. The molecule has 1 unspecified atom stereocenters. The Balaban J connectivity index is 1.86. The SMILES string of the molecule is CCCCCCCCCCCCNC(=S)NC1CCS(=O)(=O)C1. The van der Waals surface area contributed by atoms with Crippen molar-refractivity contribution in [1.29, 1.82) is 0 Å². The van der Waals surface area contributed by atoms with Crippen LogP contribution in [0.2, 0.25) is 0 Å². The third-order valence-electron chi connectivity index (χ3n) is 4.38. The van der Waals surface area contributed by atoms with Crippen molar-refractivity contribution >= 4 is 27.2 Å². The van der Waals surface area contributed by atoms with Gasteiger partial charge in [0.25, 0.3) is 0 Å². The van der Waals surface area contributed by atoms with E-state index in [2.05, 4.69) is 17.6 Å². The molecular weight excluding hydrogens is 328 g/mol. The molecule has 0 radical (unpaired) electrons. The average Bonchev–Trinajstić information content (AvgIpc) is 2.83. The number of thiocarbonyl (C=S) groups is 1. The molecule has 4 nitrogen and oxygen atoms in total.